The summed E-state index contributed by atoms with van der Waals surface area (Å²) < 4.78 is 13.5. The summed E-state index contributed by atoms with van der Waals surface area (Å²) in [6.45, 7) is 7.44. The Morgan fingerprint density at radius 3 is 2.27 bits per heavy atom. The molecule has 0 spiro atoms. The smallest absolute Gasteiger partial charge is 0.304 e. The topological polar surface area (TPSA) is 37.3 Å². The molecule has 0 aromatic rings. The number of hydrogen-bond acceptors (Lipinski definition) is 1. The molecular weight excluding hydrogens is 195 g/mol. The van der Waals surface area contributed by atoms with Crippen LogP contribution in [0.15, 0.2) is 12.4 Å². The number of rotatable bonds is 3. The molecule has 0 aliphatic heterocycles. The summed E-state index contributed by atoms with van der Waals surface area (Å²) in [6, 6.07) is 0. The SMILES string of the molecule is C=C(F)C1(CC(=O)O)CC(C)CC(C)C1. The Morgan fingerprint density at radius 1 is 1.47 bits per heavy atom. The minimum atomic E-state index is -0.935. The van der Waals surface area contributed by atoms with Crippen molar-refractivity contribution in [2.24, 2.45) is 17.3 Å². The molecule has 0 amide bonds. The van der Waals surface area contributed by atoms with Gasteiger partial charge in [-0.05, 0) is 31.1 Å². The van der Waals surface area contributed by atoms with E-state index in [2.05, 4.69) is 20.4 Å². The molecule has 0 aromatic heterocycles. The van der Waals surface area contributed by atoms with Crippen molar-refractivity contribution >= 4 is 5.97 Å². The molecule has 0 radical (unpaired) electrons. The lowest BCUT2D eigenvalue weighted by Crippen LogP contribution is -2.34. The number of halogens is 1. The molecule has 2 nitrogen and oxygen atoms in total. The Labute approximate surface area is 90.2 Å². The molecule has 0 heterocycles. The summed E-state index contributed by atoms with van der Waals surface area (Å²) in [5, 5.41) is 8.84. The molecule has 1 rings (SSSR count). The second-order valence-corrected chi connectivity index (χ2v) is 5.11. The van der Waals surface area contributed by atoms with Crippen LogP contribution in [-0.2, 0) is 4.79 Å². The van der Waals surface area contributed by atoms with Crippen molar-refractivity contribution in [1.29, 1.82) is 0 Å². The van der Waals surface area contributed by atoms with Gasteiger partial charge in [-0.15, -0.1) is 0 Å². The third-order valence-electron chi connectivity index (χ3n) is 3.35. The predicted octanol–water partition coefficient (Wildman–Crippen LogP) is 3.39. The van der Waals surface area contributed by atoms with E-state index in [4.69, 9.17) is 5.11 Å². The van der Waals surface area contributed by atoms with Crippen LogP contribution in [-0.4, -0.2) is 11.1 Å². The van der Waals surface area contributed by atoms with Crippen LogP contribution in [0.3, 0.4) is 0 Å². The van der Waals surface area contributed by atoms with Gasteiger partial charge < -0.3 is 5.11 Å². The maximum atomic E-state index is 13.5. The zero-order chi connectivity index (χ0) is 11.6. The highest BCUT2D eigenvalue weighted by Gasteiger charge is 2.42. The van der Waals surface area contributed by atoms with Crippen molar-refractivity contribution in [3.63, 3.8) is 0 Å². The van der Waals surface area contributed by atoms with Crippen molar-refractivity contribution in [1.82, 2.24) is 0 Å². The Balaban J connectivity index is 2.89. The standard InChI is InChI=1S/C12H19FO2/c1-8-4-9(2)6-12(5-8,10(3)13)7-11(14)15/h8-9H,3-7H2,1-2H3,(H,14,15). The van der Waals surface area contributed by atoms with Gasteiger partial charge in [0.15, 0.2) is 0 Å². The predicted molar refractivity (Wildman–Crippen MR) is 57.1 cm³/mol. The van der Waals surface area contributed by atoms with Crippen molar-refractivity contribution < 1.29 is 14.3 Å². The third kappa shape index (κ3) is 2.80. The number of carboxylic acids is 1. The van der Waals surface area contributed by atoms with E-state index in [-0.39, 0.29) is 6.42 Å². The Hall–Kier alpha value is -0.860. The highest BCUT2D eigenvalue weighted by molar-refractivity contribution is 5.68. The summed E-state index contributed by atoms with van der Waals surface area (Å²) in [4.78, 5) is 10.8. The van der Waals surface area contributed by atoms with Gasteiger partial charge in [0, 0.05) is 5.41 Å². The summed E-state index contributed by atoms with van der Waals surface area (Å²) in [5.74, 6) is -0.639. The van der Waals surface area contributed by atoms with E-state index in [1.807, 2.05) is 0 Å². The van der Waals surface area contributed by atoms with Crippen LogP contribution in [0.1, 0.15) is 39.5 Å². The first-order valence-corrected chi connectivity index (χ1v) is 5.42. The summed E-state index contributed by atoms with van der Waals surface area (Å²) in [6.07, 6.45) is 2.14. The first-order valence-electron chi connectivity index (χ1n) is 5.42. The number of carbonyl (C=O) groups is 1. The van der Waals surface area contributed by atoms with Crippen molar-refractivity contribution in [2.45, 2.75) is 39.5 Å². The van der Waals surface area contributed by atoms with Crippen molar-refractivity contribution in [3.05, 3.63) is 12.4 Å². The second kappa shape index (κ2) is 4.33. The van der Waals surface area contributed by atoms with Crippen LogP contribution in [0.2, 0.25) is 0 Å². The van der Waals surface area contributed by atoms with E-state index in [1.54, 1.807) is 0 Å². The van der Waals surface area contributed by atoms with Gasteiger partial charge in [-0.3, -0.25) is 4.79 Å². The number of hydrogen-bond donors (Lipinski definition) is 1. The maximum absolute atomic E-state index is 13.5. The van der Waals surface area contributed by atoms with E-state index in [1.165, 1.54) is 0 Å². The Bertz CT molecular complexity index is 263. The lowest BCUT2D eigenvalue weighted by atomic mass is 9.64. The highest BCUT2D eigenvalue weighted by Crippen LogP contribution is 2.49. The van der Waals surface area contributed by atoms with Crippen molar-refractivity contribution in [2.75, 3.05) is 0 Å². The fraction of sp³-hybridized carbons (Fsp3) is 0.750. The molecule has 86 valence electrons. The number of allylic oxidation sites excluding steroid dienone is 1. The zero-order valence-corrected chi connectivity index (χ0v) is 9.42. The van der Waals surface area contributed by atoms with Crippen molar-refractivity contribution in [3.8, 4) is 0 Å². The molecule has 0 aromatic carbocycles. The minimum Gasteiger partial charge on any atom is -0.481 e. The molecule has 1 saturated carbocycles. The lowest BCUT2D eigenvalue weighted by molar-refractivity contribution is -0.140. The molecule has 1 N–H and O–H groups in total. The molecular formula is C12H19FO2. The molecule has 0 saturated heterocycles. The Morgan fingerprint density at radius 2 is 1.93 bits per heavy atom. The lowest BCUT2D eigenvalue weighted by Gasteiger charge is -2.40. The van der Waals surface area contributed by atoms with E-state index in [0.29, 0.717) is 24.7 Å². The fourth-order valence-electron chi connectivity index (χ4n) is 3.02. The average molecular weight is 214 g/mol. The fourth-order valence-corrected chi connectivity index (χ4v) is 3.02. The van der Waals surface area contributed by atoms with Gasteiger partial charge in [0.2, 0.25) is 0 Å². The first-order chi connectivity index (χ1) is 6.85. The molecule has 2 atom stereocenters. The van der Waals surface area contributed by atoms with Crippen LogP contribution >= 0.6 is 0 Å². The van der Waals surface area contributed by atoms with Gasteiger partial charge in [-0.2, -0.15) is 0 Å². The van der Waals surface area contributed by atoms with Gasteiger partial charge in [0.1, 0.15) is 0 Å². The third-order valence-corrected chi connectivity index (χ3v) is 3.35. The Kier molecular flexibility index (Phi) is 3.53. The first kappa shape index (κ1) is 12.2. The maximum Gasteiger partial charge on any atom is 0.304 e. The van der Waals surface area contributed by atoms with E-state index < -0.39 is 17.2 Å². The van der Waals surface area contributed by atoms with Gasteiger partial charge in [0.05, 0.1) is 12.2 Å². The van der Waals surface area contributed by atoms with Gasteiger partial charge in [-0.25, -0.2) is 4.39 Å². The summed E-state index contributed by atoms with van der Waals surface area (Å²) in [5.41, 5.74) is -0.817. The van der Waals surface area contributed by atoms with Crippen LogP contribution in [0.25, 0.3) is 0 Å². The molecule has 2 unspecified atom stereocenters. The molecule has 15 heavy (non-hydrogen) atoms. The molecule has 0 bridgehead atoms. The zero-order valence-electron chi connectivity index (χ0n) is 9.42. The monoisotopic (exact) mass is 214 g/mol. The van der Waals surface area contributed by atoms with E-state index >= 15 is 0 Å². The number of aliphatic carboxylic acids is 1. The largest absolute Gasteiger partial charge is 0.481 e. The highest BCUT2D eigenvalue weighted by atomic mass is 19.1. The number of carboxylic acid groups (broad SMARTS) is 1. The normalized spacial score (nSPS) is 36.2. The molecule has 1 aliphatic carbocycles. The van der Waals surface area contributed by atoms with Crippen LogP contribution in [0, 0.1) is 17.3 Å². The molecule has 3 heteroatoms. The molecule has 1 fully saturated rings. The minimum absolute atomic E-state index is 0.128. The molecule has 1 aliphatic rings. The van der Waals surface area contributed by atoms with Crippen LogP contribution in [0.5, 0.6) is 0 Å². The average Bonchev–Trinajstić information content (AvgIpc) is 1.99. The van der Waals surface area contributed by atoms with Gasteiger partial charge in [0.25, 0.3) is 0 Å². The van der Waals surface area contributed by atoms with Gasteiger partial charge in [-0.1, -0.05) is 20.4 Å². The van der Waals surface area contributed by atoms with Crippen LogP contribution < -0.4 is 0 Å². The second-order valence-electron chi connectivity index (χ2n) is 5.11. The van der Waals surface area contributed by atoms with Crippen LogP contribution in [0.4, 0.5) is 4.39 Å². The summed E-state index contributed by atoms with van der Waals surface area (Å²) >= 11 is 0. The summed E-state index contributed by atoms with van der Waals surface area (Å²) in [7, 11) is 0. The van der Waals surface area contributed by atoms with E-state index in [9.17, 15) is 9.18 Å². The van der Waals surface area contributed by atoms with E-state index in [0.717, 1.165) is 6.42 Å². The van der Waals surface area contributed by atoms with Gasteiger partial charge >= 0.3 is 5.97 Å². The quantitative estimate of drug-likeness (QED) is 0.781.